The largest absolute Gasteiger partial charge is 0.508 e. The van der Waals surface area contributed by atoms with E-state index in [2.05, 4.69) is 0 Å². The van der Waals surface area contributed by atoms with Gasteiger partial charge in [-0.2, -0.15) is 0 Å². The lowest BCUT2D eigenvalue weighted by atomic mass is 10.2. The number of phenolic OH excluding ortho intramolecular Hbond substituents is 2. The third-order valence-electron chi connectivity index (χ3n) is 3.53. The molecule has 0 unspecified atom stereocenters. The van der Waals surface area contributed by atoms with Crippen LogP contribution in [0.25, 0.3) is 0 Å². The lowest BCUT2D eigenvalue weighted by Gasteiger charge is -2.14. The highest BCUT2D eigenvalue weighted by Gasteiger charge is 2.12. The van der Waals surface area contributed by atoms with Crippen LogP contribution in [0.1, 0.15) is 11.1 Å². The van der Waals surface area contributed by atoms with Crippen LogP contribution in [-0.4, -0.2) is 10.2 Å². The maximum atomic E-state index is 14.1. The first-order chi connectivity index (χ1) is 12.1. The van der Waals surface area contributed by atoms with Gasteiger partial charge >= 0.3 is 0 Å². The number of ether oxygens (including phenoxy) is 2. The van der Waals surface area contributed by atoms with Crippen LogP contribution in [0.3, 0.4) is 0 Å². The number of phenols is 2. The lowest BCUT2D eigenvalue weighted by Crippen LogP contribution is -2.02. The Balaban J connectivity index is 1.73. The first kappa shape index (κ1) is 16.6. The molecular formula is C20H17FO4. The topological polar surface area (TPSA) is 58.9 Å². The van der Waals surface area contributed by atoms with Gasteiger partial charge in [0.25, 0.3) is 0 Å². The van der Waals surface area contributed by atoms with Gasteiger partial charge in [-0.1, -0.05) is 30.3 Å². The van der Waals surface area contributed by atoms with Crippen molar-refractivity contribution in [2.24, 2.45) is 0 Å². The van der Waals surface area contributed by atoms with Gasteiger partial charge in [-0.3, -0.25) is 0 Å². The molecule has 5 heteroatoms. The number of aromatic hydroxyl groups is 2. The monoisotopic (exact) mass is 340 g/mol. The Bertz CT molecular complexity index is 864. The number of hydrogen-bond acceptors (Lipinski definition) is 4. The van der Waals surface area contributed by atoms with Gasteiger partial charge in [-0.15, -0.1) is 0 Å². The van der Waals surface area contributed by atoms with Crippen molar-refractivity contribution in [1.29, 1.82) is 0 Å². The average Bonchev–Trinajstić information content (AvgIpc) is 2.59. The Labute approximate surface area is 144 Å². The lowest BCUT2D eigenvalue weighted by molar-refractivity contribution is 0.245. The highest BCUT2D eigenvalue weighted by atomic mass is 19.1. The van der Waals surface area contributed by atoms with Crippen LogP contribution in [-0.2, 0) is 13.2 Å². The zero-order valence-electron chi connectivity index (χ0n) is 13.4. The van der Waals surface area contributed by atoms with Crippen LogP contribution in [0.2, 0.25) is 0 Å². The Morgan fingerprint density at radius 1 is 0.720 bits per heavy atom. The molecule has 0 spiro atoms. The summed E-state index contributed by atoms with van der Waals surface area (Å²) >= 11 is 0. The standard InChI is InChI=1S/C20H17FO4/c21-18-8-3-9-19(24-12-14-4-1-6-16(22)10-14)20(18)25-13-15-5-2-7-17(23)11-15/h1-11,22-23H,12-13H2. The molecule has 0 fully saturated rings. The fourth-order valence-corrected chi connectivity index (χ4v) is 2.35. The molecular weight excluding hydrogens is 323 g/mol. The van der Waals surface area contributed by atoms with E-state index in [1.165, 1.54) is 12.1 Å². The summed E-state index contributed by atoms with van der Waals surface area (Å²) in [6, 6.07) is 17.7. The molecule has 3 rings (SSSR count). The Hall–Kier alpha value is -3.21. The van der Waals surface area contributed by atoms with Crippen LogP contribution in [0, 0.1) is 5.82 Å². The fourth-order valence-electron chi connectivity index (χ4n) is 2.35. The zero-order valence-corrected chi connectivity index (χ0v) is 13.4. The van der Waals surface area contributed by atoms with E-state index < -0.39 is 5.82 Å². The summed E-state index contributed by atoms with van der Waals surface area (Å²) in [4.78, 5) is 0. The van der Waals surface area contributed by atoms with Crippen molar-refractivity contribution < 1.29 is 24.1 Å². The van der Waals surface area contributed by atoms with Crippen LogP contribution in [0.15, 0.2) is 66.7 Å². The normalized spacial score (nSPS) is 10.4. The molecule has 25 heavy (non-hydrogen) atoms. The van der Waals surface area contributed by atoms with Gasteiger partial charge in [0.15, 0.2) is 17.3 Å². The van der Waals surface area contributed by atoms with E-state index in [0.29, 0.717) is 5.56 Å². The van der Waals surface area contributed by atoms with Gasteiger partial charge < -0.3 is 19.7 Å². The molecule has 0 atom stereocenters. The molecule has 0 aliphatic heterocycles. The molecule has 0 amide bonds. The number of halogens is 1. The summed E-state index contributed by atoms with van der Waals surface area (Å²) in [5.41, 5.74) is 1.46. The van der Waals surface area contributed by atoms with Crippen LogP contribution < -0.4 is 9.47 Å². The highest BCUT2D eigenvalue weighted by Crippen LogP contribution is 2.32. The minimum Gasteiger partial charge on any atom is -0.508 e. The molecule has 0 saturated carbocycles. The summed E-state index contributed by atoms with van der Waals surface area (Å²) in [5, 5.41) is 19.0. The van der Waals surface area contributed by atoms with E-state index in [4.69, 9.17) is 9.47 Å². The van der Waals surface area contributed by atoms with Crippen LogP contribution >= 0.6 is 0 Å². The number of rotatable bonds is 6. The summed E-state index contributed by atoms with van der Waals surface area (Å²) in [7, 11) is 0. The molecule has 0 radical (unpaired) electrons. The molecule has 0 aromatic heterocycles. The van der Waals surface area contributed by atoms with Crippen molar-refractivity contribution >= 4 is 0 Å². The first-order valence-electron chi connectivity index (χ1n) is 7.72. The van der Waals surface area contributed by atoms with Crippen molar-refractivity contribution in [3.8, 4) is 23.0 Å². The first-order valence-corrected chi connectivity index (χ1v) is 7.72. The van der Waals surface area contributed by atoms with Crippen LogP contribution in [0.5, 0.6) is 23.0 Å². The second-order valence-corrected chi connectivity index (χ2v) is 5.48. The Morgan fingerprint density at radius 2 is 1.28 bits per heavy atom. The second kappa shape index (κ2) is 7.57. The number of benzene rings is 3. The SMILES string of the molecule is Oc1cccc(COc2cccc(F)c2OCc2cccc(O)c2)c1. The maximum Gasteiger partial charge on any atom is 0.197 e. The number of hydrogen-bond donors (Lipinski definition) is 2. The quantitative estimate of drug-likeness (QED) is 0.698. The number of para-hydroxylation sites is 1. The third-order valence-corrected chi connectivity index (χ3v) is 3.53. The van der Waals surface area contributed by atoms with Crippen molar-refractivity contribution in [2.45, 2.75) is 13.2 Å². The van der Waals surface area contributed by atoms with Crippen molar-refractivity contribution in [3.05, 3.63) is 83.7 Å². The maximum absolute atomic E-state index is 14.1. The Kier molecular flexibility index (Phi) is 5.04. The Morgan fingerprint density at radius 3 is 1.88 bits per heavy atom. The fraction of sp³-hybridized carbons (Fsp3) is 0.100. The summed E-state index contributed by atoms with van der Waals surface area (Å²) < 4.78 is 25.3. The van der Waals surface area contributed by atoms with E-state index in [-0.39, 0.29) is 36.2 Å². The summed E-state index contributed by atoms with van der Waals surface area (Å²) in [6.07, 6.45) is 0. The second-order valence-electron chi connectivity index (χ2n) is 5.48. The van der Waals surface area contributed by atoms with Crippen molar-refractivity contribution in [2.75, 3.05) is 0 Å². The summed E-state index contributed by atoms with van der Waals surface area (Å²) in [5.74, 6) is -0.00116. The molecule has 0 aliphatic carbocycles. The molecule has 0 bridgehead atoms. The van der Waals surface area contributed by atoms with Crippen LogP contribution in [0.4, 0.5) is 4.39 Å². The van der Waals surface area contributed by atoms with E-state index in [1.807, 2.05) is 0 Å². The van der Waals surface area contributed by atoms with Gasteiger partial charge in [-0.25, -0.2) is 4.39 Å². The van der Waals surface area contributed by atoms with Crippen molar-refractivity contribution in [3.63, 3.8) is 0 Å². The molecule has 128 valence electrons. The highest BCUT2D eigenvalue weighted by molar-refractivity contribution is 5.41. The van der Waals surface area contributed by atoms with Gasteiger partial charge in [0.2, 0.25) is 0 Å². The molecule has 3 aromatic rings. The zero-order chi connectivity index (χ0) is 17.6. The minimum atomic E-state index is -0.534. The minimum absolute atomic E-state index is 0.00555. The van der Waals surface area contributed by atoms with Gasteiger partial charge in [0, 0.05) is 0 Å². The molecule has 3 aromatic carbocycles. The molecule has 0 heterocycles. The smallest absolute Gasteiger partial charge is 0.197 e. The van der Waals surface area contributed by atoms with Gasteiger partial charge in [-0.05, 0) is 47.5 Å². The average molecular weight is 340 g/mol. The molecule has 0 aliphatic rings. The predicted molar refractivity (Wildman–Crippen MR) is 91.3 cm³/mol. The van der Waals surface area contributed by atoms with E-state index in [0.717, 1.165) is 5.56 Å². The molecule has 2 N–H and O–H groups in total. The van der Waals surface area contributed by atoms with E-state index in [1.54, 1.807) is 54.6 Å². The van der Waals surface area contributed by atoms with Crippen molar-refractivity contribution in [1.82, 2.24) is 0 Å². The van der Waals surface area contributed by atoms with E-state index >= 15 is 0 Å². The van der Waals surface area contributed by atoms with Gasteiger partial charge in [0.1, 0.15) is 24.7 Å². The molecule has 4 nitrogen and oxygen atoms in total. The summed E-state index contributed by atoms with van der Waals surface area (Å²) in [6.45, 7) is 0.262. The third kappa shape index (κ3) is 4.41. The predicted octanol–water partition coefficient (Wildman–Crippen LogP) is 4.39. The van der Waals surface area contributed by atoms with Gasteiger partial charge in [0.05, 0.1) is 0 Å². The van der Waals surface area contributed by atoms with E-state index in [9.17, 15) is 14.6 Å². The molecule has 0 saturated heterocycles.